The summed E-state index contributed by atoms with van der Waals surface area (Å²) in [4.78, 5) is 43.5. The molecule has 18 heavy (non-hydrogen) atoms. The van der Waals surface area contributed by atoms with Gasteiger partial charge in [0.05, 0.1) is 13.2 Å². The summed E-state index contributed by atoms with van der Waals surface area (Å²) in [5.41, 5.74) is -1.10. The van der Waals surface area contributed by atoms with Crippen molar-refractivity contribution in [2.45, 2.75) is 19.6 Å². The molecule has 0 saturated carbocycles. The third-order valence-electron chi connectivity index (χ3n) is 2.08. The molecular formula is C8H12N2O7P-. The first kappa shape index (κ1) is 14.8. The van der Waals surface area contributed by atoms with E-state index in [1.165, 1.54) is 13.1 Å². The van der Waals surface area contributed by atoms with E-state index in [0.717, 1.165) is 4.57 Å². The van der Waals surface area contributed by atoms with Gasteiger partial charge >= 0.3 is 5.69 Å². The number of rotatable bonds is 5. The van der Waals surface area contributed by atoms with Crippen molar-refractivity contribution in [1.29, 1.82) is 0 Å². The smallest absolute Gasteiger partial charge is 0.328 e. The first-order valence-electron chi connectivity index (χ1n) is 4.86. The molecule has 0 aliphatic heterocycles. The molecule has 0 radical (unpaired) electrons. The summed E-state index contributed by atoms with van der Waals surface area (Å²) in [6.45, 7) is 0.394. The van der Waals surface area contributed by atoms with Crippen molar-refractivity contribution in [3.8, 4) is 0 Å². The van der Waals surface area contributed by atoms with Crippen LogP contribution in [-0.4, -0.2) is 32.3 Å². The Morgan fingerprint density at radius 2 is 2.22 bits per heavy atom. The normalized spacial score (nSPS) is 16.2. The van der Waals surface area contributed by atoms with Gasteiger partial charge in [0, 0.05) is 11.8 Å². The molecule has 3 N–H and O–H groups in total. The van der Waals surface area contributed by atoms with Gasteiger partial charge in [0.1, 0.15) is 6.10 Å². The fourth-order valence-electron chi connectivity index (χ4n) is 1.29. The number of H-pyrrole nitrogens is 1. The van der Waals surface area contributed by atoms with Gasteiger partial charge in [0.2, 0.25) is 0 Å². The quantitative estimate of drug-likeness (QED) is 0.513. The van der Waals surface area contributed by atoms with Crippen LogP contribution in [0.15, 0.2) is 15.8 Å². The predicted molar refractivity (Wildman–Crippen MR) is 57.8 cm³/mol. The molecule has 0 amide bonds. The van der Waals surface area contributed by atoms with E-state index < -0.39 is 31.8 Å². The second-order valence-electron chi connectivity index (χ2n) is 3.60. The van der Waals surface area contributed by atoms with Crippen LogP contribution in [-0.2, 0) is 15.6 Å². The standard InChI is InChI=1S/C8H13N2O7P/c1-5-2-10(8(13)9-7(5)12)3-6(4-11)17-18(14,15)16/h2,6,11H,3-4H2,1H3,(H,9,12,13)(H2,14,15,16)/p-1/t6-/m0/s1. The molecule has 9 nitrogen and oxygen atoms in total. The van der Waals surface area contributed by atoms with Gasteiger partial charge in [-0.25, -0.2) is 4.79 Å². The summed E-state index contributed by atoms with van der Waals surface area (Å²) in [6.07, 6.45) is -0.123. The van der Waals surface area contributed by atoms with Crippen LogP contribution in [0.25, 0.3) is 0 Å². The van der Waals surface area contributed by atoms with Crippen LogP contribution >= 0.6 is 7.82 Å². The Hall–Kier alpha value is -1.25. The van der Waals surface area contributed by atoms with Crippen LogP contribution < -0.4 is 16.1 Å². The van der Waals surface area contributed by atoms with E-state index in [1.807, 2.05) is 4.98 Å². The monoisotopic (exact) mass is 279 g/mol. The zero-order valence-corrected chi connectivity index (χ0v) is 10.3. The van der Waals surface area contributed by atoms with Crippen LogP contribution in [0.1, 0.15) is 5.56 Å². The Morgan fingerprint density at radius 1 is 1.61 bits per heavy atom. The molecule has 0 aliphatic carbocycles. The van der Waals surface area contributed by atoms with E-state index in [-0.39, 0.29) is 12.1 Å². The van der Waals surface area contributed by atoms with Gasteiger partial charge in [0.15, 0.2) is 0 Å². The minimum absolute atomic E-state index is 0.237. The molecule has 1 heterocycles. The number of phosphoric ester groups is 1. The van der Waals surface area contributed by atoms with Crippen LogP contribution in [0, 0.1) is 6.92 Å². The zero-order valence-electron chi connectivity index (χ0n) is 9.40. The van der Waals surface area contributed by atoms with Gasteiger partial charge in [0.25, 0.3) is 13.4 Å². The van der Waals surface area contributed by atoms with Crippen molar-refractivity contribution in [2.24, 2.45) is 0 Å². The highest BCUT2D eigenvalue weighted by atomic mass is 31.2. The number of aliphatic hydroxyl groups excluding tert-OH is 1. The molecule has 1 aromatic rings. The molecule has 1 aromatic heterocycles. The Bertz CT molecular complexity index is 572. The van der Waals surface area contributed by atoms with Gasteiger partial charge in [-0.2, -0.15) is 0 Å². The number of hydrogen-bond acceptors (Lipinski definition) is 6. The third-order valence-corrected chi connectivity index (χ3v) is 2.64. The maximum atomic E-state index is 11.4. The molecule has 0 fully saturated rings. The highest BCUT2D eigenvalue weighted by Gasteiger charge is 2.16. The second-order valence-corrected chi connectivity index (χ2v) is 4.75. The Labute approximate surface area is 101 Å². The number of hydrogen-bond donors (Lipinski definition) is 3. The van der Waals surface area contributed by atoms with E-state index in [0.29, 0.717) is 0 Å². The molecule has 2 atom stereocenters. The van der Waals surface area contributed by atoms with E-state index in [4.69, 9.17) is 10.00 Å². The third kappa shape index (κ3) is 4.21. The van der Waals surface area contributed by atoms with Crippen molar-refractivity contribution >= 4 is 7.82 Å². The largest absolute Gasteiger partial charge is 0.756 e. The SMILES string of the molecule is Cc1cn(C[C@@H](CO)OP(=O)([O-])O)c(=O)[nH]c1=O. The summed E-state index contributed by atoms with van der Waals surface area (Å²) in [6, 6.07) is 0. The number of aromatic amines is 1. The number of aliphatic hydroxyl groups is 1. The molecule has 1 unspecified atom stereocenters. The van der Waals surface area contributed by atoms with Crippen molar-refractivity contribution in [3.63, 3.8) is 0 Å². The van der Waals surface area contributed by atoms with Crippen molar-refractivity contribution < 1.29 is 24.0 Å². The van der Waals surface area contributed by atoms with E-state index in [9.17, 15) is 19.0 Å². The molecule has 0 spiro atoms. The zero-order chi connectivity index (χ0) is 13.9. The van der Waals surface area contributed by atoms with Crippen LogP contribution in [0.4, 0.5) is 0 Å². The van der Waals surface area contributed by atoms with E-state index in [2.05, 4.69) is 4.52 Å². The maximum absolute atomic E-state index is 11.4. The molecule has 0 aliphatic rings. The molecule has 1 rings (SSSR count). The number of phosphoric acid groups is 1. The van der Waals surface area contributed by atoms with Gasteiger partial charge in [-0.15, -0.1) is 0 Å². The van der Waals surface area contributed by atoms with E-state index >= 15 is 0 Å². The number of nitrogens with one attached hydrogen (secondary N) is 1. The van der Waals surface area contributed by atoms with E-state index in [1.54, 1.807) is 0 Å². The topological polar surface area (TPSA) is 145 Å². The van der Waals surface area contributed by atoms with Crippen molar-refractivity contribution in [1.82, 2.24) is 9.55 Å². The first-order chi connectivity index (χ1) is 8.23. The second kappa shape index (κ2) is 5.59. The van der Waals surface area contributed by atoms with Crippen LogP contribution in [0.2, 0.25) is 0 Å². The molecule has 0 aromatic carbocycles. The number of nitrogens with zero attached hydrogens (tertiary/aromatic N) is 1. The Morgan fingerprint density at radius 3 is 2.72 bits per heavy atom. The lowest BCUT2D eigenvalue weighted by atomic mass is 10.3. The van der Waals surface area contributed by atoms with Crippen molar-refractivity contribution in [2.75, 3.05) is 6.61 Å². The Kier molecular flexibility index (Phi) is 4.60. The molecule has 102 valence electrons. The highest BCUT2D eigenvalue weighted by Crippen LogP contribution is 2.32. The first-order valence-corrected chi connectivity index (χ1v) is 6.36. The van der Waals surface area contributed by atoms with Crippen LogP contribution in [0.3, 0.4) is 0 Å². The lowest BCUT2D eigenvalue weighted by Gasteiger charge is -2.23. The summed E-state index contributed by atoms with van der Waals surface area (Å²) < 4.78 is 15.6. The average Bonchev–Trinajstić information content (AvgIpc) is 2.22. The average molecular weight is 279 g/mol. The molecule has 0 saturated heterocycles. The fraction of sp³-hybridized carbons (Fsp3) is 0.500. The highest BCUT2D eigenvalue weighted by molar-refractivity contribution is 7.44. The summed E-state index contributed by atoms with van der Waals surface area (Å²) in [5, 5.41) is 8.88. The van der Waals surface area contributed by atoms with Gasteiger partial charge in [-0.3, -0.25) is 18.9 Å². The number of aryl methyl sites for hydroxylation is 1. The lowest BCUT2D eigenvalue weighted by molar-refractivity contribution is -0.225. The Balaban J connectivity index is 2.96. The van der Waals surface area contributed by atoms with Gasteiger partial charge < -0.3 is 19.4 Å². The fourth-order valence-corrected chi connectivity index (χ4v) is 1.80. The van der Waals surface area contributed by atoms with Crippen molar-refractivity contribution in [3.05, 3.63) is 32.6 Å². The lowest BCUT2D eigenvalue weighted by Crippen LogP contribution is -2.35. The summed E-state index contributed by atoms with van der Waals surface area (Å²) >= 11 is 0. The maximum Gasteiger partial charge on any atom is 0.328 e. The van der Waals surface area contributed by atoms with Crippen LogP contribution in [0.5, 0.6) is 0 Å². The minimum atomic E-state index is -5.01. The van der Waals surface area contributed by atoms with Gasteiger partial charge in [-0.1, -0.05) is 0 Å². The minimum Gasteiger partial charge on any atom is -0.756 e. The number of aromatic nitrogens is 2. The molecule has 10 heteroatoms. The summed E-state index contributed by atoms with van der Waals surface area (Å²) in [7, 11) is -5.01. The molecular weight excluding hydrogens is 267 g/mol. The summed E-state index contributed by atoms with van der Waals surface area (Å²) in [5.74, 6) is 0. The van der Waals surface area contributed by atoms with Gasteiger partial charge in [-0.05, 0) is 6.92 Å². The predicted octanol–water partition coefficient (Wildman–Crippen LogP) is -2.32. The molecule has 0 bridgehead atoms.